The quantitative estimate of drug-likeness (QED) is 0.511. The van der Waals surface area contributed by atoms with Gasteiger partial charge in [0.15, 0.2) is 0 Å². The van der Waals surface area contributed by atoms with Crippen LogP contribution in [0.25, 0.3) is 0 Å². The number of ether oxygens (including phenoxy) is 2. The van der Waals surface area contributed by atoms with Gasteiger partial charge in [-0.25, -0.2) is 4.79 Å². The number of rotatable bonds is 7. The molecule has 1 amide bonds. The fourth-order valence-corrected chi connectivity index (χ4v) is 0.946. The standard InChI is InChI=1S/C12H22N2O3/c1-5-6-13-7-9-16-10-8-14-11(15)17-12(2,3)4/h1,13H,6-10H2,2-4H3,(H,14,15). The van der Waals surface area contributed by atoms with Gasteiger partial charge in [-0.1, -0.05) is 5.92 Å². The lowest BCUT2D eigenvalue weighted by molar-refractivity contribution is 0.0500. The first-order chi connectivity index (χ1) is 7.95. The number of alkyl carbamates (subject to hydrolysis) is 1. The molecule has 2 N–H and O–H groups in total. The number of nitrogens with one attached hydrogen (secondary N) is 2. The Hall–Kier alpha value is -1.25. The maximum absolute atomic E-state index is 11.2. The summed E-state index contributed by atoms with van der Waals surface area (Å²) in [5.41, 5.74) is -0.468. The van der Waals surface area contributed by atoms with E-state index in [0.29, 0.717) is 32.8 Å². The van der Waals surface area contributed by atoms with E-state index in [4.69, 9.17) is 15.9 Å². The number of hydrogen-bond acceptors (Lipinski definition) is 4. The predicted octanol–water partition coefficient (Wildman–Crippen LogP) is 0.750. The van der Waals surface area contributed by atoms with Crippen LogP contribution >= 0.6 is 0 Å². The molecule has 0 aromatic heterocycles. The van der Waals surface area contributed by atoms with Crippen molar-refractivity contribution in [1.29, 1.82) is 0 Å². The highest BCUT2D eigenvalue weighted by Gasteiger charge is 2.15. The number of hydrogen-bond donors (Lipinski definition) is 2. The van der Waals surface area contributed by atoms with E-state index in [1.165, 1.54) is 0 Å². The molecular formula is C12H22N2O3. The highest BCUT2D eigenvalue weighted by Crippen LogP contribution is 2.05. The van der Waals surface area contributed by atoms with Gasteiger partial charge in [0.1, 0.15) is 5.60 Å². The third-order valence-corrected chi connectivity index (χ3v) is 1.56. The van der Waals surface area contributed by atoms with Crippen LogP contribution in [0.4, 0.5) is 4.79 Å². The summed E-state index contributed by atoms with van der Waals surface area (Å²) < 4.78 is 10.3. The van der Waals surface area contributed by atoms with Crippen molar-refractivity contribution in [2.24, 2.45) is 0 Å². The number of terminal acetylenes is 1. The van der Waals surface area contributed by atoms with Gasteiger partial charge in [0.2, 0.25) is 0 Å². The minimum Gasteiger partial charge on any atom is -0.444 e. The minimum atomic E-state index is -0.468. The van der Waals surface area contributed by atoms with Crippen molar-refractivity contribution in [1.82, 2.24) is 10.6 Å². The van der Waals surface area contributed by atoms with Crippen molar-refractivity contribution in [2.75, 3.05) is 32.8 Å². The SMILES string of the molecule is C#CCNCCOCCNC(=O)OC(C)(C)C. The van der Waals surface area contributed by atoms with Crippen LogP contribution in [-0.4, -0.2) is 44.5 Å². The molecule has 0 rings (SSSR count). The molecule has 98 valence electrons. The summed E-state index contributed by atoms with van der Waals surface area (Å²) in [6, 6.07) is 0. The second-order valence-corrected chi connectivity index (χ2v) is 4.42. The zero-order valence-electron chi connectivity index (χ0n) is 10.8. The van der Waals surface area contributed by atoms with E-state index >= 15 is 0 Å². The van der Waals surface area contributed by atoms with Gasteiger partial charge in [-0.05, 0) is 20.8 Å². The molecule has 0 aliphatic heterocycles. The second-order valence-electron chi connectivity index (χ2n) is 4.42. The van der Waals surface area contributed by atoms with Gasteiger partial charge in [0.25, 0.3) is 0 Å². The molecule has 0 aromatic carbocycles. The van der Waals surface area contributed by atoms with Crippen molar-refractivity contribution >= 4 is 6.09 Å². The van der Waals surface area contributed by atoms with Gasteiger partial charge in [-0.2, -0.15) is 0 Å². The minimum absolute atomic E-state index is 0.424. The Morgan fingerprint density at radius 2 is 1.94 bits per heavy atom. The molecule has 0 bridgehead atoms. The normalized spacial score (nSPS) is 10.7. The van der Waals surface area contributed by atoms with Crippen molar-refractivity contribution in [3.8, 4) is 12.3 Å². The highest BCUT2D eigenvalue weighted by molar-refractivity contribution is 5.67. The molecule has 0 spiro atoms. The van der Waals surface area contributed by atoms with Crippen LogP contribution in [0.1, 0.15) is 20.8 Å². The first kappa shape index (κ1) is 15.8. The molecule has 0 saturated carbocycles. The molecule has 17 heavy (non-hydrogen) atoms. The summed E-state index contributed by atoms with van der Waals surface area (Å²) in [5, 5.41) is 5.60. The molecule has 0 fully saturated rings. The Balaban J connectivity index is 3.29. The fraction of sp³-hybridized carbons (Fsp3) is 0.750. The number of carbonyl (C=O) groups is 1. The molecule has 5 heteroatoms. The van der Waals surface area contributed by atoms with Crippen LogP contribution in [0.3, 0.4) is 0 Å². The molecule has 5 nitrogen and oxygen atoms in total. The van der Waals surface area contributed by atoms with Gasteiger partial charge >= 0.3 is 6.09 Å². The zero-order valence-corrected chi connectivity index (χ0v) is 10.8. The van der Waals surface area contributed by atoms with Crippen LogP contribution in [0.2, 0.25) is 0 Å². The summed E-state index contributed by atoms with van der Waals surface area (Å²) in [4.78, 5) is 11.2. The second kappa shape index (κ2) is 8.85. The van der Waals surface area contributed by atoms with Gasteiger partial charge < -0.3 is 20.1 Å². The van der Waals surface area contributed by atoms with Gasteiger partial charge in [-0.3, -0.25) is 0 Å². The van der Waals surface area contributed by atoms with Gasteiger partial charge in [0.05, 0.1) is 19.8 Å². The number of carbonyl (C=O) groups excluding carboxylic acids is 1. The Morgan fingerprint density at radius 1 is 1.29 bits per heavy atom. The van der Waals surface area contributed by atoms with E-state index in [1.54, 1.807) is 0 Å². The average molecular weight is 242 g/mol. The third kappa shape index (κ3) is 12.7. The molecule has 0 saturated heterocycles. The molecule has 0 unspecified atom stereocenters. The Morgan fingerprint density at radius 3 is 2.53 bits per heavy atom. The van der Waals surface area contributed by atoms with Crippen LogP contribution in [-0.2, 0) is 9.47 Å². The molecule has 0 radical (unpaired) electrons. The topological polar surface area (TPSA) is 59.6 Å². The van der Waals surface area contributed by atoms with Crippen molar-refractivity contribution in [2.45, 2.75) is 26.4 Å². The van der Waals surface area contributed by atoms with Crippen molar-refractivity contribution in [3.63, 3.8) is 0 Å². The molecule has 0 aromatic rings. The average Bonchev–Trinajstić information content (AvgIpc) is 2.19. The maximum Gasteiger partial charge on any atom is 0.407 e. The fourth-order valence-electron chi connectivity index (χ4n) is 0.946. The van der Waals surface area contributed by atoms with E-state index in [0.717, 1.165) is 0 Å². The number of amides is 1. The van der Waals surface area contributed by atoms with Crippen molar-refractivity contribution in [3.05, 3.63) is 0 Å². The lowest BCUT2D eigenvalue weighted by atomic mass is 10.2. The predicted molar refractivity (Wildman–Crippen MR) is 66.8 cm³/mol. The Bertz CT molecular complexity index is 253. The molecule has 0 heterocycles. The van der Waals surface area contributed by atoms with Crippen molar-refractivity contribution < 1.29 is 14.3 Å². The lowest BCUT2D eigenvalue weighted by Crippen LogP contribution is -2.34. The third-order valence-electron chi connectivity index (χ3n) is 1.56. The van der Waals surface area contributed by atoms with Crippen LogP contribution in [0.5, 0.6) is 0 Å². The lowest BCUT2D eigenvalue weighted by Gasteiger charge is -2.19. The summed E-state index contributed by atoms with van der Waals surface area (Å²) in [6.45, 7) is 8.16. The molecular weight excluding hydrogens is 220 g/mol. The van der Waals surface area contributed by atoms with E-state index < -0.39 is 11.7 Å². The molecule has 0 atom stereocenters. The molecule has 0 aliphatic rings. The smallest absolute Gasteiger partial charge is 0.407 e. The Kier molecular flexibility index (Phi) is 8.20. The Labute approximate surface area is 103 Å². The van der Waals surface area contributed by atoms with Crippen LogP contribution < -0.4 is 10.6 Å². The first-order valence-electron chi connectivity index (χ1n) is 5.64. The van der Waals surface area contributed by atoms with E-state index in [9.17, 15) is 4.79 Å². The first-order valence-corrected chi connectivity index (χ1v) is 5.64. The summed E-state index contributed by atoms with van der Waals surface area (Å²) in [5.74, 6) is 2.47. The maximum atomic E-state index is 11.2. The van der Waals surface area contributed by atoms with Gasteiger partial charge in [-0.15, -0.1) is 6.42 Å². The van der Waals surface area contributed by atoms with Crippen LogP contribution in [0, 0.1) is 12.3 Å². The van der Waals surface area contributed by atoms with Crippen LogP contribution in [0.15, 0.2) is 0 Å². The summed E-state index contributed by atoms with van der Waals surface area (Å²) >= 11 is 0. The largest absolute Gasteiger partial charge is 0.444 e. The van der Waals surface area contributed by atoms with E-state index in [1.807, 2.05) is 20.8 Å². The van der Waals surface area contributed by atoms with Gasteiger partial charge in [0, 0.05) is 13.1 Å². The zero-order chi connectivity index (χ0) is 13.1. The molecule has 0 aliphatic carbocycles. The van der Waals surface area contributed by atoms with E-state index in [-0.39, 0.29) is 0 Å². The summed E-state index contributed by atoms with van der Waals surface area (Å²) in [6.07, 6.45) is 4.64. The highest BCUT2D eigenvalue weighted by atomic mass is 16.6. The van der Waals surface area contributed by atoms with E-state index in [2.05, 4.69) is 16.6 Å². The summed E-state index contributed by atoms with van der Waals surface area (Å²) in [7, 11) is 0. The monoisotopic (exact) mass is 242 g/mol.